The summed E-state index contributed by atoms with van der Waals surface area (Å²) in [4.78, 5) is 4.41. The molecular weight excluding hydrogens is 425 g/mol. The highest BCUT2D eigenvalue weighted by atomic mass is 127. The minimum absolute atomic E-state index is 0. The molecule has 3 rings (SSSR count). The zero-order chi connectivity index (χ0) is 16.8. The summed E-state index contributed by atoms with van der Waals surface area (Å²) >= 11 is 0. The van der Waals surface area contributed by atoms with E-state index in [0.29, 0.717) is 12.5 Å². The van der Waals surface area contributed by atoms with E-state index in [-0.39, 0.29) is 24.0 Å². The number of halogens is 1. The van der Waals surface area contributed by atoms with Crippen molar-refractivity contribution < 1.29 is 0 Å². The molecule has 0 saturated carbocycles. The molecule has 5 nitrogen and oxygen atoms in total. The lowest BCUT2D eigenvalue weighted by atomic mass is 10.1. The number of aromatic nitrogens is 2. The third kappa shape index (κ3) is 5.32. The van der Waals surface area contributed by atoms with Gasteiger partial charge in [0.25, 0.3) is 0 Å². The number of nitrogens with two attached hydrogens (primary N) is 1. The van der Waals surface area contributed by atoms with E-state index in [1.807, 2.05) is 47.3 Å². The molecule has 0 bridgehead atoms. The van der Waals surface area contributed by atoms with Crippen molar-refractivity contribution in [3.63, 3.8) is 0 Å². The topological polar surface area (TPSA) is 68.2 Å². The molecule has 0 spiro atoms. The predicted octanol–water partition coefficient (Wildman–Crippen LogP) is 3.98. The fourth-order valence-electron chi connectivity index (χ4n) is 2.41. The Balaban J connectivity index is 0.00000225. The second-order valence-electron chi connectivity index (χ2n) is 5.50. The average molecular weight is 447 g/mol. The van der Waals surface area contributed by atoms with Crippen LogP contribution in [0.25, 0.3) is 5.69 Å². The highest BCUT2D eigenvalue weighted by Crippen LogP contribution is 2.12. The minimum atomic E-state index is 0. The first-order valence-corrected chi connectivity index (χ1v) is 7.99. The third-order valence-corrected chi connectivity index (χ3v) is 3.75. The predicted molar refractivity (Wildman–Crippen MR) is 114 cm³/mol. The SMILES string of the molecule is CCc1ccc(NC(N)=NCc2cccc(-n3cccn3)c2)cc1.I. The highest BCUT2D eigenvalue weighted by Gasteiger charge is 1.99. The molecular formula is C19H22IN5. The van der Waals surface area contributed by atoms with E-state index in [2.05, 4.69) is 40.5 Å². The normalized spacial score (nSPS) is 11.0. The standard InChI is InChI=1S/C19H21N5.HI/c1-2-15-7-9-17(10-8-15)23-19(20)21-14-16-5-3-6-18(13-16)24-12-4-11-22-24;/h3-13H,2,14H2,1H3,(H3,20,21,23);1H. The Bertz CT molecular complexity index is 810. The van der Waals surface area contributed by atoms with Crippen molar-refractivity contribution in [3.05, 3.63) is 78.1 Å². The van der Waals surface area contributed by atoms with Crippen LogP contribution in [0.1, 0.15) is 18.1 Å². The van der Waals surface area contributed by atoms with E-state index >= 15 is 0 Å². The number of aliphatic imine (C=N–C) groups is 1. The van der Waals surface area contributed by atoms with Gasteiger partial charge in [0.15, 0.2) is 5.96 Å². The summed E-state index contributed by atoms with van der Waals surface area (Å²) in [5.41, 5.74) is 10.3. The first-order valence-electron chi connectivity index (χ1n) is 7.99. The lowest BCUT2D eigenvalue weighted by Crippen LogP contribution is -2.22. The van der Waals surface area contributed by atoms with Crippen LogP contribution in [0.15, 0.2) is 72.0 Å². The Kier molecular flexibility index (Phi) is 7.00. The summed E-state index contributed by atoms with van der Waals surface area (Å²) in [6.45, 7) is 2.65. The van der Waals surface area contributed by atoms with Crippen LogP contribution in [0.5, 0.6) is 0 Å². The quantitative estimate of drug-likeness (QED) is 0.353. The van der Waals surface area contributed by atoms with Crippen molar-refractivity contribution in [3.8, 4) is 5.69 Å². The Morgan fingerprint density at radius 2 is 1.92 bits per heavy atom. The van der Waals surface area contributed by atoms with Crippen molar-refractivity contribution in [1.82, 2.24) is 9.78 Å². The monoisotopic (exact) mass is 447 g/mol. The molecule has 1 heterocycles. The molecule has 3 aromatic rings. The largest absolute Gasteiger partial charge is 0.370 e. The van der Waals surface area contributed by atoms with Crippen molar-refractivity contribution in [1.29, 1.82) is 0 Å². The van der Waals surface area contributed by atoms with E-state index in [0.717, 1.165) is 23.4 Å². The number of nitrogens with zero attached hydrogens (tertiary/aromatic N) is 3. The molecule has 0 unspecified atom stereocenters. The lowest BCUT2D eigenvalue weighted by molar-refractivity contribution is 0.876. The van der Waals surface area contributed by atoms with Crippen LogP contribution in [0.2, 0.25) is 0 Å². The van der Waals surface area contributed by atoms with Gasteiger partial charge in [-0.3, -0.25) is 0 Å². The summed E-state index contributed by atoms with van der Waals surface area (Å²) in [5.74, 6) is 0.406. The van der Waals surface area contributed by atoms with Gasteiger partial charge < -0.3 is 11.1 Å². The van der Waals surface area contributed by atoms with Gasteiger partial charge in [-0.15, -0.1) is 24.0 Å². The molecule has 25 heavy (non-hydrogen) atoms. The Hall–Kier alpha value is -2.35. The van der Waals surface area contributed by atoms with Gasteiger partial charge in [0.1, 0.15) is 0 Å². The molecule has 0 aliphatic carbocycles. The van der Waals surface area contributed by atoms with Gasteiger partial charge in [-0.2, -0.15) is 5.10 Å². The minimum Gasteiger partial charge on any atom is -0.370 e. The highest BCUT2D eigenvalue weighted by molar-refractivity contribution is 14.0. The van der Waals surface area contributed by atoms with Gasteiger partial charge in [-0.1, -0.05) is 31.2 Å². The van der Waals surface area contributed by atoms with Crippen molar-refractivity contribution in [2.45, 2.75) is 19.9 Å². The number of rotatable bonds is 5. The maximum Gasteiger partial charge on any atom is 0.193 e. The lowest BCUT2D eigenvalue weighted by Gasteiger charge is -2.07. The van der Waals surface area contributed by atoms with Gasteiger partial charge in [0, 0.05) is 18.1 Å². The van der Waals surface area contributed by atoms with E-state index in [9.17, 15) is 0 Å². The molecule has 3 N–H and O–H groups in total. The van der Waals surface area contributed by atoms with Crippen LogP contribution in [-0.2, 0) is 13.0 Å². The van der Waals surface area contributed by atoms with Gasteiger partial charge in [-0.05, 0) is 47.9 Å². The van der Waals surface area contributed by atoms with Crippen LogP contribution in [-0.4, -0.2) is 15.7 Å². The summed E-state index contributed by atoms with van der Waals surface area (Å²) < 4.78 is 1.82. The van der Waals surface area contributed by atoms with E-state index in [1.165, 1.54) is 5.56 Å². The summed E-state index contributed by atoms with van der Waals surface area (Å²) in [7, 11) is 0. The maximum absolute atomic E-state index is 5.98. The Morgan fingerprint density at radius 3 is 2.60 bits per heavy atom. The smallest absolute Gasteiger partial charge is 0.193 e. The second-order valence-corrected chi connectivity index (χ2v) is 5.50. The number of benzene rings is 2. The fourth-order valence-corrected chi connectivity index (χ4v) is 2.41. The molecule has 0 saturated heterocycles. The molecule has 130 valence electrons. The zero-order valence-electron chi connectivity index (χ0n) is 14.1. The number of guanidine groups is 1. The molecule has 2 aromatic carbocycles. The third-order valence-electron chi connectivity index (χ3n) is 3.75. The fraction of sp³-hybridized carbons (Fsp3) is 0.158. The molecule has 0 amide bonds. The number of aryl methyl sites for hydroxylation is 1. The number of anilines is 1. The molecule has 0 atom stereocenters. The van der Waals surface area contributed by atoms with Crippen LogP contribution >= 0.6 is 24.0 Å². The molecule has 1 aromatic heterocycles. The average Bonchev–Trinajstić information content (AvgIpc) is 3.16. The Morgan fingerprint density at radius 1 is 1.12 bits per heavy atom. The van der Waals surface area contributed by atoms with Crippen molar-refractivity contribution in [2.24, 2.45) is 10.7 Å². The molecule has 0 fully saturated rings. The second kappa shape index (κ2) is 9.22. The molecule has 0 aliphatic rings. The van der Waals surface area contributed by atoms with E-state index in [1.54, 1.807) is 6.20 Å². The van der Waals surface area contributed by atoms with Gasteiger partial charge in [0.05, 0.1) is 12.2 Å². The van der Waals surface area contributed by atoms with Crippen LogP contribution in [0, 0.1) is 0 Å². The van der Waals surface area contributed by atoms with Crippen LogP contribution < -0.4 is 11.1 Å². The maximum atomic E-state index is 5.98. The van der Waals surface area contributed by atoms with Crippen molar-refractivity contribution >= 4 is 35.6 Å². The molecule has 6 heteroatoms. The summed E-state index contributed by atoms with van der Waals surface area (Å²) in [6, 6.07) is 18.2. The Labute approximate surface area is 165 Å². The zero-order valence-corrected chi connectivity index (χ0v) is 16.4. The number of hydrogen-bond donors (Lipinski definition) is 2. The summed E-state index contributed by atoms with van der Waals surface area (Å²) in [5, 5.41) is 7.35. The molecule has 0 aliphatic heterocycles. The van der Waals surface area contributed by atoms with Crippen molar-refractivity contribution in [2.75, 3.05) is 5.32 Å². The molecule has 0 radical (unpaired) electrons. The van der Waals surface area contributed by atoms with Gasteiger partial charge in [-0.25, -0.2) is 9.67 Å². The van der Waals surface area contributed by atoms with E-state index in [4.69, 9.17) is 5.73 Å². The van der Waals surface area contributed by atoms with Gasteiger partial charge >= 0.3 is 0 Å². The first-order chi connectivity index (χ1) is 11.7. The number of hydrogen-bond acceptors (Lipinski definition) is 2. The number of nitrogens with one attached hydrogen (secondary N) is 1. The van der Waals surface area contributed by atoms with Crippen LogP contribution in [0.3, 0.4) is 0 Å². The van der Waals surface area contributed by atoms with Crippen LogP contribution in [0.4, 0.5) is 5.69 Å². The van der Waals surface area contributed by atoms with E-state index < -0.39 is 0 Å². The summed E-state index contributed by atoms with van der Waals surface area (Å²) in [6.07, 6.45) is 4.70. The first kappa shape index (κ1) is 19.0. The van der Waals surface area contributed by atoms with Gasteiger partial charge in [0.2, 0.25) is 0 Å².